The third-order valence-corrected chi connectivity index (χ3v) is 6.83. The lowest BCUT2D eigenvalue weighted by Gasteiger charge is -2.43. The molecule has 5 atom stereocenters. The van der Waals surface area contributed by atoms with Crippen molar-refractivity contribution < 1.29 is 9.66 Å². The smallest absolute Gasteiger partial charge is 0.269 e. The van der Waals surface area contributed by atoms with Crippen LogP contribution in [-0.4, -0.2) is 11.5 Å². The van der Waals surface area contributed by atoms with Gasteiger partial charge < -0.3 is 10.1 Å². The van der Waals surface area contributed by atoms with Gasteiger partial charge in [0.2, 0.25) is 0 Å². The van der Waals surface area contributed by atoms with E-state index in [1.807, 2.05) is 31.2 Å². The zero-order chi connectivity index (χ0) is 18.5. The van der Waals surface area contributed by atoms with Gasteiger partial charge in [-0.15, -0.1) is 0 Å². The Bertz CT molecular complexity index is 880. The molecule has 0 amide bonds. The topological polar surface area (TPSA) is 64.4 Å². The van der Waals surface area contributed by atoms with Gasteiger partial charge in [0.1, 0.15) is 5.75 Å². The summed E-state index contributed by atoms with van der Waals surface area (Å²) in [4.78, 5) is 11.0. The van der Waals surface area contributed by atoms with E-state index in [9.17, 15) is 10.1 Å². The van der Waals surface area contributed by atoms with Crippen molar-refractivity contribution in [1.29, 1.82) is 0 Å². The summed E-state index contributed by atoms with van der Waals surface area (Å²) in [5, 5.41) is 15.0. The maximum Gasteiger partial charge on any atom is 0.269 e. The van der Waals surface area contributed by atoms with Crippen LogP contribution in [0.4, 0.5) is 11.4 Å². The van der Waals surface area contributed by atoms with Gasteiger partial charge in [0, 0.05) is 17.8 Å². The fourth-order valence-electron chi connectivity index (χ4n) is 5.86. The first kappa shape index (κ1) is 16.6. The van der Waals surface area contributed by atoms with E-state index >= 15 is 0 Å². The molecule has 3 aliphatic rings. The highest BCUT2D eigenvalue weighted by atomic mass is 16.6. The first-order valence-corrected chi connectivity index (χ1v) is 9.93. The van der Waals surface area contributed by atoms with Crippen LogP contribution in [0.1, 0.15) is 49.3 Å². The van der Waals surface area contributed by atoms with Crippen LogP contribution in [0.3, 0.4) is 0 Å². The SMILES string of the molecule is CCOc1ccc([C@@H]2Nc3ccc([N+](=O)[O-])cc3[C@H]3[C@H]4CC[C@H](C4)[C@H]32)cc1. The number of anilines is 1. The molecule has 2 saturated carbocycles. The first-order chi connectivity index (χ1) is 13.2. The van der Waals surface area contributed by atoms with E-state index in [-0.39, 0.29) is 16.7 Å². The zero-order valence-corrected chi connectivity index (χ0v) is 15.4. The Morgan fingerprint density at radius 3 is 2.67 bits per heavy atom. The summed E-state index contributed by atoms with van der Waals surface area (Å²) in [6.45, 7) is 2.66. The molecule has 1 aliphatic heterocycles. The number of rotatable bonds is 4. The summed E-state index contributed by atoms with van der Waals surface area (Å²) in [5.41, 5.74) is 3.71. The molecule has 5 nitrogen and oxygen atoms in total. The van der Waals surface area contributed by atoms with Crippen molar-refractivity contribution in [2.45, 2.75) is 38.1 Å². The number of hydrogen-bond donors (Lipinski definition) is 1. The number of hydrogen-bond acceptors (Lipinski definition) is 4. The molecule has 0 aromatic heterocycles. The molecule has 2 aromatic rings. The van der Waals surface area contributed by atoms with E-state index in [1.54, 1.807) is 6.07 Å². The predicted molar refractivity (Wildman–Crippen MR) is 104 cm³/mol. The third-order valence-electron chi connectivity index (χ3n) is 6.83. The van der Waals surface area contributed by atoms with Gasteiger partial charge in [-0.25, -0.2) is 0 Å². The second kappa shape index (κ2) is 6.25. The molecule has 2 aromatic carbocycles. The van der Waals surface area contributed by atoms with Gasteiger partial charge >= 0.3 is 0 Å². The molecule has 2 fully saturated rings. The summed E-state index contributed by atoms with van der Waals surface area (Å²) in [7, 11) is 0. The van der Waals surface area contributed by atoms with Crippen LogP contribution >= 0.6 is 0 Å². The van der Waals surface area contributed by atoms with E-state index in [4.69, 9.17) is 4.74 Å². The zero-order valence-electron chi connectivity index (χ0n) is 15.4. The molecule has 2 bridgehead atoms. The molecule has 1 N–H and O–H groups in total. The van der Waals surface area contributed by atoms with E-state index in [1.165, 1.54) is 24.8 Å². The molecule has 1 heterocycles. The van der Waals surface area contributed by atoms with Gasteiger partial charge in [-0.1, -0.05) is 12.1 Å². The van der Waals surface area contributed by atoms with Crippen molar-refractivity contribution >= 4 is 11.4 Å². The Hall–Kier alpha value is -2.56. The molecule has 0 saturated heterocycles. The van der Waals surface area contributed by atoms with Gasteiger partial charge in [-0.05, 0) is 79.2 Å². The van der Waals surface area contributed by atoms with Crippen LogP contribution in [0.15, 0.2) is 42.5 Å². The Morgan fingerprint density at radius 1 is 1.15 bits per heavy atom. The lowest BCUT2D eigenvalue weighted by molar-refractivity contribution is -0.384. The lowest BCUT2D eigenvalue weighted by Crippen LogP contribution is -2.35. The van der Waals surface area contributed by atoms with Crippen LogP contribution in [0.5, 0.6) is 5.75 Å². The summed E-state index contributed by atoms with van der Waals surface area (Å²) < 4.78 is 5.59. The van der Waals surface area contributed by atoms with Crippen molar-refractivity contribution in [3.05, 3.63) is 63.7 Å². The normalized spacial score (nSPS) is 30.3. The monoisotopic (exact) mass is 364 g/mol. The molecular weight excluding hydrogens is 340 g/mol. The van der Waals surface area contributed by atoms with Crippen LogP contribution < -0.4 is 10.1 Å². The van der Waals surface area contributed by atoms with Crippen LogP contribution in [0.2, 0.25) is 0 Å². The van der Waals surface area contributed by atoms with Crippen molar-refractivity contribution in [2.75, 3.05) is 11.9 Å². The summed E-state index contributed by atoms with van der Waals surface area (Å²) in [6.07, 6.45) is 3.79. The van der Waals surface area contributed by atoms with Gasteiger partial charge in [-0.3, -0.25) is 10.1 Å². The summed E-state index contributed by atoms with van der Waals surface area (Å²) in [6, 6.07) is 14.0. The summed E-state index contributed by atoms with van der Waals surface area (Å²) in [5.74, 6) is 3.20. The highest BCUT2D eigenvalue weighted by Crippen LogP contribution is 2.63. The van der Waals surface area contributed by atoms with E-state index in [2.05, 4.69) is 17.4 Å². The fourth-order valence-corrected chi connectivity index (χ4v) is 5.86. The number of ether oxygens (including phenoxy) is 1. The number of nitrogens with one attached hydrogen (secondary N) is 1. The average Bonchev–Trinajstić information content (AvgIpc) is 3.30. The molecule has 5 rings (SSSR count). The summed E-state index contributed by atoms with van der Waals surface area (Å²) >= 11 is 0. The number of benzene rings is 2. The number of nitro groups is 1. The second-order valence-corrected chi connectivity index (χ2v) is 8.09. The van der Waals surface area contributed by atoms with Gasteiger partial charge in [0.15, 0.2) is 0 Å². The largest absolute Gasteiger partial charge is 0.494 e. The molecule has 0 unspecified atom stereocenters. The first-order valence-electron chi connectivity index (χ1n) is 9.93. The minimum atomic E-state index is -0.277. The molecule has 0 spiro atoms. The Balaban J connectivity index is 1.55. The van der Waals surface area contributed by atoms with Gasteiger partial charge in [0.25, 0.3) is 5.69 Å². The number of non-ortho nitro benzene ring substituents is 1. The van der Waals surface area contributed by atoms with E-state index < -0.39 is 0 Å². The molecular formula is C22H24N2O3. The van der Waals surface area contributed by atoms with Crippen molar-refractivity contribution in [3.63, 3.8) is 0 Å². The molecule has 2 aliphatic carbocycles. The number of nitrogens with zero attached hydrogens (tertiary/aromatic N) is 1. The number of fused-ring (bicyclic) bond motifs is 7. The second-order valence-electron chi connectivity index (χ2n) is 8.09. The van der Waals surface area contributed by atoms with Crippen molar-refractivity contribution in [3.8, 4) is 5.75 Å². The van der Waals surface area contributed by atoms with Gasteiger partial charge in [0.05, 0.1) is 17.6 Å². The lowest BCUT2D eigenvalue weighted by atomic mass is 9.68. The maximum atomic E-state index is 11.3. The highest BCUT2D eigenvalue weighted by molar-refractivity contribution is 5.62. The van der Waals surface area contributed by atoms with Gasteiger partial charge in [-0.2, -0.15) is 0 Å². The van der Waals surface area contributed by atoms with E-state index in [0.29, 0.717) is 30.3 Å². The Morgan fingerprint density at radius 2 is 1.93 bits per heavy atom. The Labute approximate surface area is 158 Å². The van der Waals surface area contributed by atoms with Crippen LogP contribution in [-0.2, 0) is 0 Å². The van der Waals surface area contributed by atoms with Crippen LogP contribution in [0.25, 0.3) is 0 Å². The minimum absolute atomic E-state index is 0.205. The highest BCUT2D eigenvalue weighted by Gasteiger charge is 2.54. The van der Waals surface area contributed by atoms with Crippen LogP contribution in [0, 0.1) is 27.9 Å². The minimum Gasteiger partial charge on any atom is -0.494 e. The van der Waals surface area contributed by atoms with Crippen molar-refractivity contribution in [1.82, 2.24) is 0 Å². The molecule has 0 radical (unpaired) electrons. The van der Waals surface area contributed by atoms with Crippen molar-refractivity contribution in [2.24, 2.45) is 17.8 Å². The predicted octanol–water partition coefficient (Wildman–Crippen LogP) is 5.29. The molecule has 27 heavy (non-hydrogen) atoms. The molecule has 140 valence electrons. The van der Waals surface area contributed by atoms with E-state index in [0.717, 1.165) is 17.0 Å². The molecule has 5 heteroatoms. The quantitative estimate of drug-likeness (QED) is 0.591. The standard InChI is InChI=1S/C22H24N2O3/c1-2-27-17-8-5-13(6-9-17)22-21-15-4-3-14(11-15)20(21)18-12-16(24(25)26)7-10-19(18)23-22/h5-10,12,14-15,20-23H,2-4,11H2,1H3/t14-,15+,20+,21+,22-/m0/s1. The third kappa shape index (κ3) is 2.59. The number of nitro benzene ring substituents is 1. The maximum absolute atomic E-state index is 11.3. The fraction of sp³-hybridized carbons (Fsp3) is 0.455. The Kier molecular flexibility index (Phi) is 3.85. The average molecular weight is 364 g/mol.